The van der Waals surface area contributed by atoms with Gasteiger partial charge in [-0.1, -0.05) is 45.6 Å². The molecule has 0 spiro atoms. The van der Waals surface area contributed by atoms with Crippen molar-refractivity contribution in [2.75, 3.05) is 38.5 Å². The summed E-state index contributed by atoms with van der Waals surface area (Å²) in [6, 6.07) is 5.36. The minimum atomic E-state index is -0.845. The number of piperazine rings is 1. The number of anilines is 1. The number of nitrogens with zero attached hydrogens (tertiary/aromatic N) is 4. The van der Waals surface area contributed by atoms with E-state index >= 15 is 4.39 Å². The lowest BCUT2D eigenvalue weighted by atomic mass is 9.81. The maximum absolute atomic E-state index is 15.6. The SMILES string of the molecule is CCC(=O)N[C@@H](C(=O)N1CCN(C)CC1)[C@@H](C)c1ccc(NC(=O)[C@@H](CC(=O)c2ccnn2CC)C2CCCCCC2)c(F)c1. The molecule has 10 nitrogen and oxygen atoms in total. The summed E-state index contributed by atoms with van der Waals surface area (Å²) in [5.41, 5.74) is 1.04. The minimum Gasteiger partial charge on any atom is -0.344 e. The zero-order chi connectivity index (χ0) is 32.5. The maximum atomic E-state index is 15.6. The number of carbonyl (C=O) groups excluding carboxylic acids is 4. The number of ketones is 1. The molecule has 1 aliphatic carbocycles. The summed E-state index contributed by atoms with van der Waals surface area (Å²) in [5.74, 6) is -2.65. The predicted molar refractivity (Wildman–Crippen MR) is 171 cm³/mol. The predicted octanol–water partition coefficient (Wildman–Crippen LogP) is 4.61. The fourth-order valence-corrected chi connectivity index (χ4v) is 6.55. The Kier molecular flexibility index (Phi) is 12.3. The number of halogens is 1. The van der Waals surface area contributed by atoms with Crippen LogP contribution in [0.25, 0.3) is 0 Å². The molecule has 246 valence electrons. The van der Waals surface area contributed by atoms with Crippen LogP contribution in [0.3, 0.4) is 0 Å². The number of aryl methyl sites for hydroxylation is 1. The summed E-state index contributed by atoms with van der Waals surface area (Å²) in [6.07, 6.45) is 7.76. The van der Waals surface area contributed by atoms with Gasteiger partial charge >= 0.3 is 0 Å². The number of carbonyl (C=O) groups is 4. The highest BCUT2D eigenvalue weighted by molar-refractivity contribution is 6.00. The second-order valence-corrected chi connectivity index (χ2v) is 12.6. The average molecular weight is 625 g/mol. The summed E-state index contributed by atoms with van der Waals surface area (Å²) in [6.45, 7) is 8.60. The first kappa shape index (κ1) is 34.3. The molecule has 2 fully saturated rings. The molecule has 1 aromatic carbocycles. The number of hydrogen-bond donors (Lipinski definition) is 2. The van der Waals surface area contributed by atoms with Crippen molar-refractivity contribution < 1.29 is 23.6 Å². The van der Waals surface area contributed by atoms with Crippen molar-refractivity contribution in [1.29, 1.82) is 0 Å². The first-order valence-electron chi connectivity index (χ1n) is 16.5. The molecule has 45 heavy (non-hydrogen) atoms. The number of hydrogen-bond acceptors (Lipinski definition) is 6. The van der Waals surface area contributed by atoms with Gasteiger partial charge in [0.2, 0.25) is 17.7 Å². The molecule has 4 rings (SSSR count). The largest absolute Gasteiger partial charge is 0.344 e. The number of likely N-dealkylation sites (N-methyl/N-ethyl adjacent to an activating group) is 1. The third kappa shape index (κ3) is 8.77. The Balaban J connectivity index is 1.52. The van der Waals surface area contributed by atoms with Crippen molar-refractivity contribution in [3.8, 4) is 0 Å². The van der Waals surface area contributed by atoms with Gasteiger partial charge in [0, 0.05) is 63.6 Å². The quantitative estimate of drug-likeness (QED) is 0.263. The Morgan fingerprint density at radius 3 is 2.31 bits per heavy atom. The van der Waals surface area contributed by atoms with Crippen molar-refractivity contribution in [3.63, 3.8) is 0 Å². The van der Waals surface area contributed by atoms with Gasteiger partial charge in [-0.05, 0) is 56.5 Å². The highest BCUT2D eigenvalue weighted by Crippen LogP contribution is 2.33. The molecule has 0 unspecified atom stereocenters. The Bertz CT molecular complexity index is 1330. The van der Waals surface area contributed by atoms with Crippen LogP contribution >= 0.6 is 0 Å². The van der Waals surface area contributed by atoms with Crippen molar-refractivity contribution in [2.24, 2.45) is 11.8 Å². The van der Waals surface area contributed by atoms with Gasteiger partial charge in [-0.15, -0.1) is 0 Å². The van der Waals surface area contributed by atoms with Crippen LogP contribution in [0.4, 0.5) is 10.1 Å². The number of rotatable bonds is 12. The minimum absolute atomic E-state index is 0.0279. The molecule has 3 atom stereocenters. The first-order chi connectivity index (χ1) is 21.6. The van der Waals surface area contributed by atoms with E-state index in [9.17, 15) is 19.2 Å². The van der Waals surface area contributed by atoms with Crippen LogP contribution < -0.4 is 10.6 Å². The highest BCUT2D eigenvalue weighted by Gasteiger charge is 2.34. The number of nitrogens with one attached hydrogen (secondary N) is 2. The molecule has 2 aromatic rings. The van der Waals surface area contributed by atoms with E-state index in [2.05, 4.69) is 20.6 Å². The smallest absolute Gasteiger partial charge is 0.245 e. The van der Waals surface area contributed by atoms with E-state index in [0.29, 0.717) is 30.9 Å². The molecule has 2 heterocycles. The second kappa shape index (κ2) is 16.1. The Labute approximate surface area is 266 Å². The zero-order valence-corrected chi connectivity index (χ0v) is 27.2. The van der Waals surface area contributed by atoms with Crippen LogP contribution in [0.1, 0.15) is 94.1 Å². The topological polar surface area (TPSA) is 117 Å². The van der Waals surface area contributed by atoms with Gasteiger partial charge < -0.3 is 20.4 Å². The van der Waals surface area contributed by atoms with E-state index in [1.807, 2.05) is 14.0 Å². The van der Waals surface area contributed by atoms with E-state index in [1.54, 1.807) is 41.8 Å². The number of aromatic nitrogens is 2. The fraction of sp³-hybridized carbons (Fsp3) is 0.618. The molecule has 1 aliphatic heterocycles. The Hall–Kier alpha value is -3.60. The Morgan fingerprint density at radius 2 is 1.69 bits per heavy atom. The van der Waals surface area contributed by atoms with Gasteiger partial charge in [0.05, 0.1) is 5.69 Å². The van der Waals surface area contributed by atoms with Crippen LogP contribution in [0.15, 0.2) is 30.5 Å². The normalized spacial score (nSPS) is 18.5. The van der Waals surface area contributed by atoms with Crippen LogP contribution in [-0.4, -0.2) is 82.4 Å². The molecule has 1 saturated carbocycles. The number of Topliss-reactive ketones (excluding diaryl/α,β-unsaturated/α-hetero) is 1. The van der Waals surface area contributed by atoms with Crippen LogP contribution in [0.5, 0.6) is 0 Å². The second-order valence-electron chi connectivity index (χ2n) is 12.6. The van der Waals surface area contributed by atoms with Crippen molar-refractivity contribution >= 4 is 29.2 Å². The van der Waals surface area contributed by atoms with E-state index in [4.69, 9.17) is 0 Å². The molecular weight excluding hydrogens is 575 g/mol. The molecule has 0 radical (unpaired) electrons. The van der Waals surface area contributed by atoms with Gasteiger partial charge in [-0.2, -0.15) is 5.10 Å². The lowest BCUT2D eigenvalue weighted by Crippen LogP contribution is -2.55. The lowest BCUT2D eigenvalue weighted by molar-refractivity contribution is -0.138. The van der Waals surface area contributed by atoms with E-state index in [1.165, 1.54) is 12.1 Å². The summed E-state index contributed by atoms with van der Waals surface area (Å²) < 4.78 is 17.3. The molecule has 2 aliphatic rings. The van der Waals surface area contributed by atoms with Gasteiger partial charge in [0.1, 0.15) is 17.6 Å². The molecule has 1 saturated heterocycles. The lowest BCUT2D eigenvalue weighted by Gasteiger charge is -2.36. The van der Waals surface area contributed by atoms with Crippen LogP contribution in [0.2, 0.25) is 0 Å². The molecule has 1 aromatic heterocycles. The van der Waals surface area contributed by atoms with Gasteiger partial charge in [-0.3, -0.25) is 23.9 Å². The van der Waals surface area contributed by atoms with Crippen molar-refractivity contribution in [2.45, 2.75) is 90.6 Å². The summed E-state index contributed by atoms with van der Waals surface area (Å²) in [4.78, 5) is 56.9. The number of benzene rings is 1. The maximum Gasteiger partial charge on any atom is 0.245 e. The summed E-state index contributed by atoms with van der Waals surface area (Å²) in [5, 5.41) is 9.85. The van der Waals surface area contributed by atoms with Crippen LogP contribution in [0, 0.1) is 17.7 Å². The van der Waals surface area contributed by atoms with E-state index in [-0.39, 0.29) is 48.0 Å². The van der Waals surface area contributed by atoms with E-state index in [0.717, 1.165) is 51.6 Å². The molecule has 2 N–H and O–H groups in total. The third-order valence-electron chi connectivity index (χ3n) is 9.51. The van der Waals surface area contributed by atoms with Crippen LogP contribution in [-0.2, 0) is 20.9 Å². The van der Waals surface area contributed by atoms with Crippen molar-refractivity contribution in [1.82, 2.24) is 24.9 Å². The highest BCUT2D eigenvalue weighted by atomic mass is 19.1. The molecule has 11 heteroatoms. The standard InChI is InChI=1S/C34H49FN6O4/c1-5-31(43)38-32(34(45)40-19-17-39(4)18-20-40)23(3)25-13-14-28(27(35)21-25)37-33(44)26(24-11-9-7-8-10-12-24)22-30(42)29-15-16-36-41(29)6-2/h13-16,21,23-24,26,32H,5-12,17-20,22H2,1-4H3,(H,37,44)(H,38,43)/t23-,26-,32+/m0/s1. The molecule has 0 bridgehead atoms. The van der Waals surface area contributed by atoms with E-state index < -0.39 is 23.7 Å². The van der Waals surface area contributed by atoms with Gasteiger partial charge in [0.15, 0.2) is 5.78 Å². The van der Waals surface area contributed by atoms with Gasteiger partial charge in [0.25, 0.3) is 0 Å². The molecule has 3 amide bonds. The average Bonchev–Trinajstić information content (AvgIpc) is 3.37. The third-order valence-corrected chi connectivity index (χ3v) is 9.51. The monoisotopic (exact) mass is 624 g/mol. The number of amides is 3. The molecular formula is C34H49FN6O4. The summed E-state index contributed by atoms with van der Waals surface area (Å²) in [7, 11) is 2.00. The van der Waals surface area contributed by atoms with Gasteiger partial charge in [-0.25, -0.2) is 4.39 Å². The Morgan fingerprint density at radius 1 is 1.00 bits per heavy atom. The van der Waals surface area contributed by atoms with Crippen molar-refractivity contribution in [3.05, 3.63) is 47.5 Å². The zero-order valence-electron chi connectivity index (χ0n) is 27.2. The summed E-state index contributed by atoms with van der Waals surface area (Å²) >= 11 is 0. The first-order valence-corrected chi connectivity index (χ1v) is 16.5. The fourth-order valence-electron chi connectivity index (χ4n) is 6.55.